The van der Waals surface area contributed by atoms with Crippen LogP contribution in [0.2, 0.25) is 5.15 Å². The molecule has 0 saturated heterocycles. The van der Waals surface area contributed by atoms with E-state index in [0.717, 1.165) is 16.7 Å². The molecule has 1 heterocycles. The summed E-state index contributed by atoms with van der Waals surface area (Å²) in [6.07, 6.45) is 4.45. The van der Waals surface area contributed by atoms with Crippen molar-refractivity contribution in [2.24, 2.45) is 5.92 Å². The fourth-order valence-corrected chi connectivity index (χ4v) is 2.16. The lowest BCUT2D eigenvalue weighted by Crippen LogP contribution is -1.91. The Morgan fingerprint density at radius 1 is 1.38 bits per heavy atom. The molecule has 0 aliphatic carbocycles. The summed E-state index contributed by atoms with van der Waals surface area (Å²) in [6, 6.07) is 0. The quantitative estimate of drug-likeness (QED) is 0.723. The standard InChI is InChI=1S/C9H13ClN2S/c1-7(2)3-6-13-9-8(10)11-4-5-12-9/h4-5,7H,3,6H2,1-2H3. The topological polar surface area (TPSA) is 25.8 Å². The van der Waals surface area contributed by atoms with E-state index in [1.165, 1.54) is 6.42 Å². The van der Waals surface area contributed by atoms with Crippen molar-refractivity contribution in [3.8, 4) is 0 Å². The van der Waals surface area contributed by atoms with Gasteiger partial charge in [0.1, 0.15) is 5.03 Å². The first kappa shape index (κ1) is 10.8. The Hall–Kier alpha value is -0.280. The first-order chi connectivity index (χ1) is 6.20. The van der Waals surface area contributed by atoms with Gasteiger partial charge in [0, 0.05) is 12.4 Å². The molecular formula is C9H13ClN2S. The highest BCUT2D eigenvalue weighted by molar-refractivity contribution is 7.99. The minimum absolute atomic E-state index is 0.510. The lowest BCUT2D eigenvalue weighted by atomic mass is 10.2. The van der Waals surface area contributed by atoms with Gasteiger partial charge >= 0.3 is 0 Å². The van der Waals surface area contributed by atoms with Crippen LogP contribution in [-0.2, 0) is 0 Å². The zero-order valence-corrected chi connectivity index (χ0v) is 9.40. The van der Waals surface area contributed by atoms with Crippen LogP contribution in [0.25, 0.3) is 0 Å². The van der Waals surface area contributed by atoms with Crippen molar-refractivity contribution in [1.82, 2.24) is 9.97 Å². The maximum absolute atomic E-state index is 5.85. The van der Waals surface area contributed by atoms with Crippen molar-refractivity contribution >= 4 is 23.4 Å². The molecule has 0 atom stereocenters. The highest BCUT2D eigenvalue weighted by Crippen LogP contribution is 2.23. The average Bonchev–Trinajstić information content (AvgIpc) is 2.08. The number of aromatic nitrogens is 2. The molecule has 4 heteroatoms. The highest BCUT2D eigenvalue weighted by Gasteiger charge is 2.02. The molecular weight excluding hydrogens is 204 g/mol. The fraction of sp³-hybridized carbons (Fsp3) is 0.556. The molecule has 2 nitrogen and oxygen atoms in total. The maximum Gasteiger partial charge on any atom is 0.161 e. The van der Waals surface area contributed by atoms with Crippen LogP contribution in [0, 0.1) is 5.92 Å². The largest absolute Gasteiger partial charge is 0.245 e. The van der Waals surface area contributed by atoms with E-state index in [0.29, 0.717) is 5.15 Å². The molecule has 0 bridgehead atoms. The number of rotatable bonds is 4. The molecule has 0 spiro atoms. The summed E-state index contributed by atoms with van der Waals surface area (Å²) < 4.78 is 0. The second kappa shape index (κ2) is 5.45. The van der Waals surface area contributed by atoms with Gasteiger partial charge in [-0.15, -0.1) is 11.8 Å². The molecule has 13 heavy (non-hydrogen) atoms. The van der Waals surface area contributed by atoms with E-state index >= 15 is 0 Å². The average molecular weight is 217 g/mol. The summed E-state index contributed by atoms with van der Waals surface area (Å²) in [5, 5.41) is 1.35. The van der Waals surface area contributed by atoms with E-state index in [9.17, 15) is 0 Å². The second-order valence-electron chi connectivity index (χ2n) is 3.18. The number of hydrogen-bond acceptors (Lipinski definition) is 3. The third kappa shape index (κ3) is 3.96. The summed E-state index contributed by atoms with van der Waals surface area (Å²) in [4.78, 5) is 8.10. The SMILES string of the molecule is CC(C)CCSc1nccnc1Cl. The maximum atomic E-state index is 5.85. The number of thioether (sulfide) groups is 1. The molecule has 0 fully saturated rings. The van der Waals surface area contributed by atoms with Gasteiger partial charge in [-0.05, 0) is 18.1 Å². The molecule has 0 aromatic carbocycles. The predicted molar refractivity (Wildman–Crippen MR) is 57.2 cm³/mol. The van der Waals surface area contributed by atoms with Crippen LogP contribution in [0.3, 0.4) is 0 Å². The summed E-state index contributed by atoms with van der Waals surface area (Å²) in [5.74, 6) is 1.78. The van der Waals surface area contributed by atoms with Gasteiger partial charge in [-0.3, -0.25) is 0 Å². The second-order valence-corrected chi connectivity index (χ2v) is 4.62. The van der Waals surface area contributed by atoms with Crippen LogP contribution >= 0.6 is 23.4 Å². The van der Waals surface area contributed by atoms with Gasteiger partial charge in [-0.1, -0.05) is 25.4 Å². The first-order valence-corrected chi connectivity index (χ1v) is 5.66. The molecule has 1 rings (SSSR count). The van der Waals surface area contributed by atoms with Crippen LogP contribution in [0.15, 0.2) is 17.4 Å². The van der Waals surface area contributed by atoms with Gasteiger partial charge in [0.15, 0.2) is 5.15 Å². The first-order valence-electron chi connectivity index (χ1n) is 4.29. The molecule has 0 aliphatic rings. The zero-order chi connectivity index (χ0) is 9.68. The summed E-state index contributed by atoms with van der Waals surface area (Å²) in [5.41, 5.74) is 0. The summed E-state index contributed by atoms with van der Waals surface area (Å²) in [6.45, 7) is 4.41. The molecule has 72 valence electrons. The smallest absolute Gasteiger partial charge is 0.161 e. The summed E-state index contributed by atoms with van der Waals surface area (Å²) >= 11 is 7.51. The lowest BCUT2D eigenvalue weighted by Gasteiger charge is -2.03. The van der Waals surface area contributed by atoms with E-state index in [4.69, 9.17) is 11.6 Å². The Bertz CT molecular complexity index is 266. The normalized spacial score (nSPS) is 10.8. The summed E-state index contributed by atoms with van der Waals surface area (Å²) in [7, 11) is 0. The van der Waals surface area contributed by atoms with E-state index in [-0.39, 0.29) is 0 Å². The molecule has 0 aliphatic heterocycles. The van der Waals surface area contributed by atoms with E-state index < -0.39 is 0 Å². The molecule has 0 amide bonds. The number of nitrogens with zero attached hydrogens (tertiary/aromatic N) is 2. The zero-order valence-electron chi connectivity index (χ0n) is 7.83. The monoisotopic (exact) mass is 216 g/mol. The van der Waals surface area contributed by atoms with Crippen LogP contribution in [0.5, 0.6) is 0 Å². The minimum atomic E-state index is 0.510. The van der Waals surface area contributed by atoms with Gasteiger partial charge in [-0.2, -0.15) is 0 Å². The van der Waals surface area contributed by atoms with Crippen molar-refractivity contribution in [3.63, 3.8) is 0 Å². The molecule has 0 radical (unpaired) electrons. The lowest BCUT2D eigenvalue weighted by molar-refractivity contribution is 0.632. The fourth-order valence-electron chi connectivity index (χ4n) is 0.796. The predicted octanol–water partition coefficient (Wildman–Crippen LogP) is 3.27. The van der Waals surface area contributed by atoms with Gasteiger partial charge in [0.25, 0.3) is 0 Å². The highest BCUT2D eigenvalue weighted by atomic mass is 35.5. The number of halogens is 1. The van der Waals surface area contributed by atoms with Crippen LogP contribution < -0.4 is 0 Å². The van der Waals surface area contributed by atoms with Crippen molar-refractivity contribution in [3.05, 3.63) is 17.5 Å². The van der Waals surface area contributed by atoms with Gasteiger partial charge in [0.2, 0.25) is 0 Å². The van der Waals surface area contributed by atoms with Crippen LogP contribution in [0.1, 0.15) is 20.3 Å². The minimum Gasteiger partial charge on any atom is -0.245 e. The Morgan fingerprint density at radius 2 is 2.08 bits per heavy atom. The van der Waals surface area contributed by atoms with Gasteiger partial charge < -0.3 is 0 Å². The Kier molecular flexibility index (Phi) is 4.53. The Labute approximate surface area is 88.1 Å². The van der Waals surface area contributed by atoms with Crippen molar-refractivity contribution in [1.29, 1.82) is 0 Å². The van der Waals surface area contributed by atoms with Crippen molar-refractivity contribution in [2.45, 2.75) is 25.3 Å². The molecule has 0 saturated carbocycles. The third-order valence-electron chi connectivity index (χ3n) is 1.56. The Balaban J connectivity index is 2.41. The van der Waals surface area contributed by atoms with Crippen molar-refractivity contribution in [2.75, 3.05) is 5.75 Å². The van der Waals surface area contributed by atoms with Gasteiger partial charge in [-0.25, -0.2) is 9.97 Å². The third-order valence-corrected chi connectivity index (χ3v) is 2.96. The molecule has 0 unspecified atom stereocenters. The molecule has 1 aromatic heterocycles. The molecule has 1 aromatic rings. The van der Waals surface area contributed by atoms with Crippen LogP contribution in [-0.4, -0.2) is 15.7 Å². The van der Waals surface area contributed by atoms with E-state index in [1.807, 2.05) is 0 Å². The molecule has 0 N–H and O–H groups in total. The van der Waals surface area contributed by atoms with E-state index in [1.54, 1.807) is 24.2 Å². The Morgan fingerprint density at radius 3 is 2.69 bits per heavy atom. The van der Waals surface area contributed by atoms with Crippen molar-refractivity contribution < 1.29 is 0 Å². The van der Waals surface area contributed by atoms with Crippen LogP contribution in [0.4, 0.5) is 0 Å². The number of hydrogen-bond donors (Lipinski definition) is 0. The van der Waals surface area contributed by atoms with E-state index in [2.05, 4.69) is 23.8 Å². The van der Waals surface area contributed by atoms with Gasteiger partial charge in [0.05, 0.1) is 0 Å².